The van der Waals surface area contributed by atoms with Gasteiger partial charge in [0.05, 0.1) is 0 Å². The Balaban J connectivity index is 0.00000144. The zero-order valence-corrected chi connectivity index (χ0v) is 11.6. The van der Waals surface area contributed by atoms with E-state index >= 15 is 0 Å². The Kier molecular flexibility index (Phi) is 6.28. The number of hydrogen-bond donors (Lipinski definition) is 1. The summed E-state index contributed by atoms with van der Waals surface area (Å²) in [5, 5.41) is 3.32. The molecule has 100 valence electrons. The summed E-state index contributed by atoms with van der Waals surface area (Å²) in [6.07, 6.45) is 5.82. The minimum Gasteiger partial charge on any atom is -0.342 e. The van der Waals surface area contributed by atoms with Gasteiger partial charge < -0.3 is 10.2 Å². The molecule has 2 aliphatic rings. The van der Waals surface area contributed by atoms with Crippen molar-refractivity contribution in [2.24, 2.45) is 11.8 Å². The molecule has 1 heterocycles. The van der Waals surface area contributed by atoms with E-state index in [1.807, 2.05) is 0 Å². The Bertz CT molecular complexity index is 238. The molecule has 1 saturated carbocycles. The smallest absolute Gasteiger partial charge is 0.225 e. The lowest BCUT2D eigenvalue weighted by molar-refractivity contribution is -0.136. The monoisotopic (exact) mass is 260 g/mol. The third-order valence-electron chi connectivity index (χ3n) is 3.67. The molecule has 1 amide bonds. The molecule has 1 aliphatic heterocycles. The molecule has 0 atom stereocenters. The summed E-state index contributed by atoms with van der Waals surface area (Å²) in [6.45, 7) is 6.17. The standard InChI is InChI=1S/C13H24N2O.ClH/c1-2-9-15(10-11-3-4-11)13(16)12-5-7-14-8-6-12;/h11-12,14H,2-10H2,1H3;1H. The molecule has 0 bridgehead atoms. The van der Waals surface area contributed by atoms with Crippen molar-refractivity contribution in [1.82, 2.24) is 10.2 Å². The van der Waals surface area contributed by atoms with Crippen LogP contribution < -0.4 is 5.32 Å². The van der Waals surface area contributed by atoms with Crippen molar-refractivity contribution >= 4 is 18.3 Å². The minimum absolute atomic E-state index is 0. The van der Waals surface area contributed by atoms with Crippen molar-refractivity contribution in [2.75, 3.05) is 26.2 Å². The van der Waals surface area contributed by atoms with Crippen LogP contribution in [0.1, 0.15) is 39.0 Å². The highest BCUT2D eigenvalue weighted by atomic mass is 35.5. The van der Waals surface area contributed by atoms with Gasteiger partial charge >= 0.3 is 0 Å². The minimum atomic E-state index is 0. The Morgan fingerprint density at radius 3 is 2.41 bits per heavy atom. The van der Waals surface area contributed by atoms with Gasteiger partial charge in [0.15, 0.2) is 0 Å². The summed E-state index contributed by atoms with van der Waals surface area (Å²) in [5.41, 5.74) is 0. The van der Waals surface area contributed by atoms with E-state index < -0.39 is 0 Å². The van der Waals surface area contributed by atoms with Crippen LogP contribution in [0.3, 0.4) is 0 Å². The van der Waals surface area contributed by atoms with Gasteiger partial charge in [-0.3, -0.25) is 4.79 Å². The quantitative estimate of drug-likeness (QED) is 0.821. The van der Waals surface area contributed by atoms with Crippen LogP contribution in [0.4, 0.5) is 0 Å². The highest BCUT2D eigenvalue weighted by Gasteiger charge is 2.30. The van der Waals surface area contributed by atoms with Crippen LogP contribution in [-0.4, -0.2) is 37.0 Å². The van der Waals surface area contributed by atoms with E-state index in [-0.39, 0.29) is 12.4 Å². The van der Waals surface area contributed by atoms with Crippen LogP contribution in [0.15, 0.2) is 0 Å². The summed E-state index contributed by atoms with van der Waals surface area (Å²) < 4.78 is 0. The molecule has 0 aromatic carbocycles. The number of rotatable bonds is 5. The van der Waals surface area contributed by atoms with E-state index in [0.29, 0.717) is 11.8 Å². The molecule has 1 aliphatic carbocycles. The number of carbonyl (C=O) groups excluding carboxylic acids is 1. The maximum atomic E-state index is 12.3. The van der Waals surface area contributed by atoms with Crippen molar-refractivity contribution in [3.05, 3.63) is 0 Å². The lowest BCUT2D eigenvalue weighted by atomic mass is 9.96. The van der Waals surface area contributed by atoms with Crippen LogP contribution >= 0.6 is 12.4 Å². The molecule has 0 unspecified atom stereocenters. The zero-order valence-electron chi connectivity index (χ0n) is 10.8. The summed E-state index contributed by atoms with van der Waals surface area (Å²) in [6, 6.07) is 0. The highest BCUT2D eigenvalue weighted by molar-refractivity contribution is 5.85. The van der Waals surface area contributed by atoms with Crippen LogP contribution in [0, 0.1) is 11.8 Å². The zero-order chi connectivity index (χ0) is 11.4. The summed E-state index contributed by atoms with van der Waals surface area (Å²) in [5.74, 6) is 1.54. The van der Waals surface area contributed by atoms with Crippen LogP contribution in [0.5, 0.6) is 0 Å². The van der Waals surface area contributed by atoms with Gasteiger partial charge in [-0.15, -0.1) is 12.4 Å². The van der Waals surface area contributed by atoms with Crippen molar-refractivity contribution in [1.29, 1.82) is 0 Å². The fraction of sp³-hybridized carbons (Fsp3) is 0.923. The Labute approximate surface area is 111 Å². The molecule has 1 saturated heterocycles. The lowest BCUT2D eigenvalue weighted by Crippen LogP contribution is -2.42. The molecule has 0 spiro atoms. The third-order valence-corrected chi connectivity index (χ3v) is 3.67. The largest absolute Gasteiger partial charge is 0.342 e. The number of nitrogens with zero attached hydrogens (tertiary/aromatic N) is 1. The Hall–Kier alpha value is -0.280. The van der Waals surface area contributed by atoms with Gasteiger partial charge in [-0.05, 0) is 51.1 Å². The van der Waals surface area contributed by atoms with E-state index in [2.05, 4.69) is 17.1 Å². The molecule has 2 rings (SSSR count). The van der Waals surface area contributed by atoms with Crippen molar-refractivity contribution in [3.63, 3.8) is 0 Å². The van der Waals surface area contributed by atoms with Gasteiger partial charge in [-0.1, -0.05) is 6.92 Å². The number of amides is 1. The lowest BCUT2D eigenvalue weighted by Gasteiger charge is -2.29. The second-order valence-electron chi connectivity index (χ2n) is 5.25. The number of hydrogen-bond acceptors (Lipinski definition) is 2. The van der Waals surface area contributed by atoms with E-state index in [9.17, 15) is 4.79 Å². The molecule has 2 fully saturated rings. The first-order valence-corrected chi connectivity index (χ1v) is 6.80. The van der Waals surface area contributed by atoms with Crippen molar-refractivity contribution in [2.45, 2.75) is 39.0 Å². The molecule has 4 heteroatoms. The van der Waals surface area contributed by atoms with Crippen LogP contribution in [-0.2, 0) is 4.79 Å². The van der Waals surface area contributed by atoms with Crippen LogP contribution in [0.25, 0.3) is 0 Å². The number of piperidine rings is 1. The molecule has 17 heavy (non-hydrogen) atoms. The van der Waals surface area contributed by atoms with Gasteiger partial charge in [0.2, 0.25) is 5.91 Å². The normalized spacial score (nSPS) is 20.8. The first-order valence-electron chi connectivity index (χ1n) is 6.80. The average molecular weight is 261 g/mol. The maximum Gasteiger partial charge on any atom is 0.225 e. The number of carbonyl (C=O) groups is 1. The van der Waals surface area contributed by atoms with Gasteiger partial charge in [-0.25, -0.2) is 0 Å². The molecular formula is C13H25ClN2O. The Morgan fingerprint density at radius 2 is 1.88 bits per heavy atom. The van der Waals surface area contributed by atoms with E-state index in [4.69, 9.17) is 0 Å². The van der Waals surface area contributed by atoms with E-state index in [1.165, 1.54) is 12.8 Å². The third kappa shape index (κ3) is 4.47. The summed E-state index contributed by atoms with van der Waals surface area (Å²) >= 11 is 0. The topological polar surface area (TPSA) is 32.3 Å². The first kappa shape index (κ1) is 14.8. The molecule has 1 N–H and O–H groups in total. The summed E-state index contributed by atoms with van der Waals surface area (Å²) in [4.78, 5) is 14.5. The highest BCUT2D eigenvalue weighted by Crippen LogP contribution is 2.30. The van der Waals surface area contributed by atoms with Gasteiger partial charge in [0.25, 0.3) is 0 Å². The first-order chi connectivity index (χ1) is 7.81. The fourth-order valence-electron chi connectivity index (χ4n) is 2.50. The average Bonchev–Trinajstić information content (AvgIpc) is 3.13. The molecule has 3 nitrogen and oxygen atoms in total. The van der Waals surface area contributed by atoms with Crippen molar-refractivity contribution < 1.29 is 4.79 Å². The summed E-state index contributed by atoms with van der Waals surface area (Å²) in [7, 11) is 0. The number of halogens is 1. The molecule has 0 aromatic heterocycles. The molecule has 0 radical (unpaired) electrons. The SMILES string of the molecule is CCCN(CC1CC1)C(=O)C1CCNCC1.Cl. The van der Waals surface area contributed by atoms with Gasteiger partial charge in [0.1, 0.15) is 0 Å². The fourth-order valence-corrected chi connectivity index (χ4v) is 2.50. The van der Waals surface area contributed by atoms with Gasteiger partial charge in [-0.2, -0.15) is 0 Å². The number of nitrogens with one attached hydrogen (secondary N) is 1. The second-order valence-corrected chi connectivity index (χ2v) is 5.25. The predicted octanol–water partition coefficient (Wildman–Crippen LogP) is 2.06. The van der Waals surface area contributed by atoms with E-state index in [0.717, 1.165) is 51.4 Å². The van der Waals surface area contributed by atoms with Crippen molar-refractivity contribution in [3.8, 4) is 0 Å². The molecular weight excluding hydrogens is 236 g/mol. The second kappa shape index (κ2) is 7.22. The maximum absolute atomic E-state index is 12.3. The van der Waals surface area contributed by atoms with E-state index in [1.54, 1.807) is 0 Å². The van der Waals surface area contributed by atoms with Gasteiger partial charge in [0, 0.05) is 19.0 Å². The Morgan fingerprint density at radius 1 is 1.24 bits per heavy atom. The van der Waals surface area contributed by atoms with Crippen LogP contribution in [0.2, 0.25) is 0 Å². The predicted molar refractivity (Wildman–Crippen MR) is 72.4 cm³/mol. The molecule has 0 aromatic rings.